The van der Waals surface area contributed by atoms with E-state index in [9.17, 15) is 13.2 Å². The van der Waals surface area contributed by atoms with Crippen molar-refractivity contribution in [3.05, 3.63) is 150 Å². The topological polar surface area (TPSA) is 64.7 Å². The van der Waals surface area contributed by atoms with Crippen molar-refractivity contribution in [3.8, 4) is 33.9 Å². The van der Waals surface area contributed by atoms with E-state index >= 15 is 0 Å². The van der Waals surface area contributed by atoms with Crippen LogP contribution < -0.4 is 4.90 Å². The first-order valence-electron chi connectivity index (χ1n) is 17.8. The van der Waals surface area contributed by atoms with E-state index in [1.807, 2.05) is 109 Å². The van der Waals surface area contributed by atoms with Crippen LogP contribution >= 0.6 is 0 Å². The Hall–Kier alpha value is -6.03. The number of halogens is 3. The molecule has 54 heavy (non-hydrogen) atoms. The fourth-order valence-electron chi connectivity index (χ4n) is 6.28. The van der Waals surface area contributed by atoms with E-state index in [4.69, 9.17) is 15.1 Å². The molecule has 4 aromatic heterocycles. The van der Waals surface area contributed by atoms with Crippen molar-refractivity contribution in [1.29, 1.82) is 0 Å². The van der Waals surface area contributed by atoms with Crippen molar-refractivity contribution >= 4 is 17.3 Å². The highest BCUT2D eigenvalue weighted by atomic mass is 19.4. The highest BCUT2D eigenvalue weighted by molar-refractivity contribution is 5.80. The van der Waals surface area contributed by atoms with Gasteiger partial charge >= 0.3 is 6.18 Å². The number of rotatable bonds is 7. The van der Waals surface area contributed by atoms with Crippen molar-refractivity contribution in [2.45, 2.75) is 65.5 Å². The number of anilines is 3. The van der Waals surface area contributed by atoms with E-state index in [-0.39, 0.29) is 16.6 Å². The van der Waals surface area contributed by atoms with Crippen LogP contribution in [0.1, 0.15) is 64.1 Å². The lowest BCUT2D eigenvalue weighted by Crippen LogP contribution is -2.20. The number of benzene rings is 3. The number of pyridine rings is 2. The van der Waals surface area contributed by atoms with Crippen LogP contribution in [0.5, 0.6) is 0 Å². The molecular weight excluding hydrogens is 684 g/mol. The van der Waals surface area contributed by atoms with Crippen LogP contribution in [0.15, 0.2) is 128 Å². The smallest absolute Gasteiger partial charge is 0.279 e. The second-order valence-corrected chi connectivity index (χ2v) is 15.5. The number of nitrogens with zero attached hydrogens (tertiary/aromatic N) is 7. The summed E-state index contributed by atoms with van der Waals surface area (Å²) in [5, 5.41) is 8.70. The van der Waals surface area contributed by atoms with Crippen LogP contribution in [0.25, 0.3) is 33.9 Å². The van der Waals surface area contributed by atoms with Gasteiger partial charge in [-0.1, -0.05) is 108 Å². The van der Waals surface area contributed by atoms with Crippen LogP contribution in [-0.2, 0) is 17.0 Å². The summed E-state index contributed by atoms with van der Waals surface area (Å²) in [5.74, 6) is 1.85. The number of alkyl halides is 3. The van der Waals surface area contributed by atoms with Gasteiger partial charge in [-0.15, -0.1) is 0 Å². The predicted octanol–water partition coefficient (Wildman–Crippen LogP) is 11.6. The molecule has 0 aliphatic heterocycles. The SMILES string of the molecule is Cc1ccn(-c2nc(N(c3cc(C(C)(C)C)cc(C(C)(C)C)c3)c3ccc(-c4ccccc4)c(-n4ccc(C(F)(F)F)n4)n3)ccc2-c2ccccc2)n1. The number of hydrogen-bond acceptors (Lipinski definition) is 5. The van der Waals surface area contributed by atoms with Crippen LogP contribution in [0.3, 0.4) is 0 Å². The minimum absolute atomic E-state index is 0.206. The van der Waals surface area contributed by atoms with E-state index in [2.05, 4.69) is 64.8 Å². The molecule has 0 spiro atoms. The predicted molar refractivity (Wildman–Crippen MR) is 209 cm³/mol. The number of hydrogen-bond donors (Lipinski definition) is 0. The van der Waals surface area contributed by atoms with Crippen molar-refractivity contribution in [2.24, 2.45) is 0 Å². The summed E-state index contributed by atoms with van der Waals surface area (Å²) in [6.45, 7) is 15.0. The lowest BCUT2D eigenvalue weighted by atomic mass is 9.80. The van der Waals surface area contributed by atoms with Crippen molar-refractivity contribution in [1.82, 2.24) is 29.5 Å². The molecule has 0 N–H and O–H groups in total. The summed E-state index contributed by atoms with van der Waals surface area (Å²) in [5.41, 5.74) is 5.71. The average molecular weight is 726 g/mol. The van der Waals surface area contributed by atoms with Gasteiger partial charge in [0.15, 0.2) is 17.3 Å². The molecule has 0 aliphatic carbocycles. The van der Waals surface area contributed by atoms with Gasteiger partial charge in [0.05, 0.1) is 5.69 Å². The van der Waals surface area contributed by atoms with Crippen LogP contribution in [0.4, 0.5) is 30.5 Å². The Morgan fingerprint density at radius 2 is 1.00 bits per heavy atom. The van der Waals surface area contributed by atoms with Crippen molar-refractivity contribution in [3.63, 3.8) is 0 Å². The number of aromatic nitrogens is 6. The molecule has 7 rings (SSSR count). The molecule has 0 atom stereocenters. The van der Waals surface area contributed by atoms with Crippen LogP contribution in [0.2, 0.25) is 0 Å². The fraction of sp³-hybridized carbons (Fsp3) is 0.227. The maximum Gasteiger partial charge on any atom is 0.435 e. The monoisotopic (exact) mass is 725 g/mol. The molecule has 0 saturated heterocycles. The summed E-state index contributed by atoms with van der Waals surface area (Å²) in [6.07, 6.45) is -1.43. The molecule has 3 aromatic carbocycles. The van der Waals surface area contributed by atoms with E-state index in [0.29, 0.717) is 23.0 Å². The zero-order chi connectivity index (χ0) is 38.4. The van der Waals surface area contributed by atoms with Gasteiger partial charge in [0.2, 0.25) is 0 Å². The highest BCUT2D eigenvalue weighted by Gasteiger charge is 2.34. The largest absolute Gasteiger partial charge is 0.435 e. The van der Waals surface area contributed by atoms with Crippen molar-refractivity contribution in [2.75, 3.05) is 4.90 Å². The molecule has 0 amide bonds. The van der Waals surface area contributed by atoms with E-state index in [1.165, 1.54) is 10.9 Å². The Morgan fingerprint density at radius 3 is 1.41 bits per heavy atom. The third kappa shape index (κ3) is 7.42. The molecule has 274 valence electrons. The van der Waals surface area contributed by atoms with Gasteiger partial charge in [0, 0.05) is 29.2 Å². The van der Waals surface area contributed by atoms with Gasteiger partial charge in [-0.3, -0.25) is 4.90 Å². The van der Waals surface area contributed by atoms with Gasteiger partial charge in [-0.05, 0) is 88.5 Å². The second-order valence-electron chi connectivity index (χ2n) is 15.5. The molecule has 0 fully saturated rings. The van der Waals surface area contributed by atoms with Crippen LogP contribution in [-0.4, -0.2) is 29.5 Å². The van der Waals surface area contributed by atoms with E-state index in [1.54, 1.807) is 4.68 Å². The molecular formula is C44H42F3N7. The normalized spacial score (nSPS) is 12.3. The first-order chi connectivity index (χ1) is 25.6. The zero-order valence-electron chi connectivity index (χ0n) is 31.4. The average Bonchev–Trinajstić information content (AvgIpc) is 3.82. The van der Waals surface area contributed by atoms with Crippen LogP contribution in [0, 0.1) is 6.92 Å². The lowest BCUT2D eigenvalue weighted by Gasteiger charge is -2.30. The molecule has 0 saturated carbocycles. The summed E-state index contributed by atoms with van der Waals surface area (Å²) in [7, 11) is 0. The minimum Gasteiger partial charge on any atom is -0.279 e. The summed E-state index contributed by atoms with van der Waals surface area (Å²) < 4.78 is 44.6. The van der Waals surface area contributed by atoms with Crippen molar-refractivity contribution < 1.29 is 13.2 Å². The Bertz CT molecular complexity index is 2380. The van der Waals surface area contributed by atoms with E-state index < -0.39 is 11.9 Å². The Labute approximate surface area is 313 Å². The molecule has 7 nitrogen and oxygen atoms in total. The first kappa shape index (κ1) is 36.3. The molecule has 0 aliphatic rings. The zero-order valence-corrected chi connectivity index (χ0v) is 31.4. The highest BCUT2D eigenvalue weighted by Crippen LogP contribution is 2.41. The molecule has 7 aromatic rings. The first-order valence-corrected chi connectivity index (χ1v) is 17.8. The third-order valence-electron chi connectivity index (χ3n) is 9.29. The molecule has 0 unspecified atom stereocenters. The second kappa shape index (κ2) is 13.7. The Morgan fingerprint density at radius 1 is 0.537 bits per heavy atom. The summed E-state index contributed by atoms with van der Waals surface area (Å²) >= 11 is 0. The van der Waals surface area contributed by atoms with Gasteiger partial charge in [0.25, 0.3) is 0 Å². The van der Waals surface area contributed by atoms with Gasteiger partial charge in [-0.25, -0.2) is 19.3 Å². The lowest BCUT2D eigenvalue weighted by molar-refractivity contribution is -0.141. The Kier molecular flexibility index (Phi) is 9.25. The standard InChI is InChI=1S/C44H42F3N7/c1-29-22-24-52(50-29)40-35(30-14-10-8-11-15-30)18-20-38(48-40)54(34-27-32(42(2,3)4)26-33(28-34)43(5,6)7)39-21-19-36(31-16-12-9-13-17-31)41(49-39)53-25-23-37(51-53)44(45,46)47/h8-28H,1-7H3. The summed E-state index contributed by atoms with van der Waals surface area (Å²) in [6, 6.07) is 36.6. The maximum atomic E-state index is 13.9. The third-order valence-corrected chi connectivity index (χ3v) is 9.29. The summed E-state index contributed by atoms with van der Waals surface area (Å²) in [4.78, 5) is 12.4. The molecule has 4 heterocycles. The maximum absolute atomic E-state index is 13.9. The quantitative estimate of drug-likeness (QED) is 0.164. The van der Waals surface area contributed by atoms with E-state index in [0.717, 1.165) is 45.3 Å². The van der Waals surface area contributed by atoms with Gasteiger partial charge in [0.1, 0.15) is 11.6 Å². The number of aryl methyl sites for hydroxylation is 1. The molecule has 10 heteroatoms. The van der Waals surface area contributed by atoms with Gasteiger partial charge in [-0.2, -0.15) is 23.4 Å². The fourth-order valence-corrected chi connectivity index (χ4v) is 6.28. The minimum atomic E-state index is -4.62. The van der Waals surface area contributed by atoms with Gasteiger partial charge < -0.3 is 0 Å². The Balaban J connectivity index is 1.53. The molecule has 0 radical (unpaired) electrons. The molecule has 0 bridgehead atoms.